The zero-order valence-electron chi connectivity index (χ0n) is 24.0. The summed E-state index contributed by atoms with van der Waals surface area (Å²) in [5.74, 6) is 0.535. The molecule has 0 atom stereocenters. The first kappa shape index (κ1) is 28.4. The SMILES string of the molecule is CCOC(=O)c1cnc(N2CCOCC2)nc1/C=C/c1cn(Cc2ccccc2)c(=O)c2cnc(N3CCOCC3)nc12. The van der Waals surface area contributed by atoms with Crippen LogP contribution in [0.4, 0.5) is 11.9 Å². The zero-order valence-corrected chi connectivity index (χ0v) is 24.0. The van der Waals surface area contributed by atoms with Crippen LogP contribution in [-0.2, 0) is 20.8 Å². The van der Waals surface area contributed by atoms with Crippen molar-refractivity contribution < 1.29 is 19.0 Å². The minimum atomic E-state index is -0.508. The van der Waals surface area contributed by atoms with Gasteiger partial charge in [-0.15, -0.1) is 0 Å². The molecule has 0 amide bonds. The lowest BCUT2D eigenvalue weighted by atomic mass is 10.1. The number of rotatable bonds is 8. The monoisotopic (exact) mass is 583 g/mol. The number of aromatic nitrogens is 5. The van der Waals surface area contributed by atoms with Gasteiger partial charge in [-0.05, 0) is 24.6 Å². The molecule has 12 heteroatoms. The Hall–Kier alpha value is -4.68. The van der Waals surface area contributed by atoms with Crippen molar-refractivity contribution in [3.8, 4) is 0 Å². The molecule has 0 saturated carbocycles. The second-order valence-corrected chi connectivity index (χ2v) is 10.2. The highest BCUT2D eigenvalue weighted by Gasteiger charge is 2.20. The van der Waals surface area contributed by atoms with E-state index in [4.69, 9.17) is 24.2 Å². The maximum atomic E-state index is 13.6. The molecule has 0 aliphatic carbocycles. The molecule has 0 N–H and O–H groups in total. The number of pyridine rings is 1. The minimum Gasteiger partial charge on any atom is -0.462 e. The average molecular weight is 584 g/mol. The molecular formula is C31H33N7O5. The Bertz CT molecular complexity index is 1680. The number of fused-ring (bicyclic) bond motifs is 1. The minimum absolute atomic E-state index is 0.187. The van der Waals surface area contributed by atoms with Crippen LogP contribution in [0.15, 0.2) is 53.7 Å². The number of anilines is 2. The molecule has 2 aliphatic heterocycles. The molecule has 1 aromatic carbocycles. The predicted octanol–water partition coefficient (Wildman–Crippen LogP) is 2.65. The number of esters is 1. The summed E-state index contributed by atoms with van der Waals surface area (Å²) in [5.41, 5.74) is 2.66. The van der Waals surface area contributed by atoms with Gasteiger partial charge in [0.05, 0.1) is 56.2 Å². The summed E-state index contributed by atoms with van der Waals surface area (Å²) in [4.78, 5) is 49.1. The molecule has 3 aromatic heterocycles. The number of morpholine rings is 2. The zero-order chi connectivity index (χ0) is 29.6. The lowest BCUT2D eigenvalue weighted by Gasteiger charge is -2.27. The normalized spacial score (nSPS) is 15.7. The van der Waals surface area contributed by atoms with Gasteiger partial charge >= 0.3 is 5.97 Å². The number of carbonyl (C=O) groups is 1. The van der Waals surface area contributed by atoms with Crippen molar-refractivity contribution in [3.63, 3.8) is 0 Å². The van der Waals surface area contributed by atoms with Crippen LogP contribution in [0.3, 0.4) is 0 Å². The van der Waals surface area contributed by atoms with Gasteiger partial charge in [0, 0.05) is 50.3 Å². The Kier molecular flexibility index (Phi) is 8.66. The van der Waals surface area contributed by atoms with Gasteiger partial charge in [0.1, 0.15) is 5.56 Å². The number of hydrogen-bond acceptors (Lipinski definition) is 11. The van der Waals surface area contributed by atoms with E-state index in [1.165, 1.54) is 6.20 Å². The van der Waals surface area contributed by atoms with Gasteiger partial charge in [-0.25, -0.2) is 24.7 Å². The van der Waals surface area contributed by atoms with E-state index in [0.29, 0.717) is 93.2 Å². The lowest BCUT2D eigenvalue weighted by molar-refractivity contribution is 0.0525. The molecule has 2 fully saturated rings. The Morgan fingerprint density at radius 3 is 2.23 bits per heavy atom. The molecule has 222 valence electrons. The van der Waals surface area contributed by atoms with Crippen LogP contribution in [0.25, 0.3) is 23.1 Å². The fraction of sp³-hybridized carbons (Fsp3) is 0.355. The van der Waals surface area contributed by atoms with E-state index >= 15 is 0 Å². The van der Waals surface area contributed by atoms with Gasteiger partial charge in [-0.1, -0.05) is 30.3 Å². The first-order valence-corrected chi connectivity index (χ1v) is 14.4. The van der Waals surface area contributed by atoms with Crippen molar-refractivity contribution in [2.24, 2.45) is 0 Å². The fourth-order valence-corrected chi connectivity index (χ4v) is 5.09. The Balaban J connectivity index is 1.45. The molecule has 12 nitrogen and oxygen atoms in total. The second-order valence-electron chi connectivity index (χ2n) is 10.2. The van der Waals surface area contributed by atoms with Crippen molar-refractivity contribution in [2.45, 2.75) is 13.5 Å². The van der Waals surface area contributed by atoms with Gasteiger partial charge in [0.2, 0.25) is 11.9 Å². The maximum Gasteiger partial charge on any atom is 0.341 e. The molecule has 6 rings (SSSR count). The van der Waals surface area contributed by atoms with E-state index in [-0.39, 0.29) is 17.7 Å². The Morgan fingerprint density at radius 2 is 1.56 bits per heavy atom. The molecule has 43 heavy (non-hydrogen) atoms. The Morgan fingerprint density at radius 1 is 0.907 bits per heavy atom. The van der Waals surface area contributed by atoms with Crippen LogP contribution in [0.5, 0.6) is 0 Å². The van der Waals surface area contributed by atoms with E-state index in [2.05, 4.69) is 9.97 Å². The van der Waals surface area contributed by atoms with Gasteiger partial charge in [-0.2, -0.15) is 0 Å². The van der Waals surface area contributed by atoms with Crippen molar-refractivity contribution in [1.29, 1.82) is 0 Å². The molecule has 5 heterocycles. The number of ether oxygens (including phenoxy) is 3. The molecule has 2 aliphatic rings. The molecule has 0 spiro atoms. The van der Waals surface area contributed by atoms with Crippen molar-refractivity contribution in [2.75, 3.05) is 69.0 Å². The largest absolute Gasteiger partial charge is 0.462 e. The first-order valence-electron chi connectivity index (χ1n) is 14.4. The third-order valence-corrected chi connectivity index (χ3v) is 7.34. The fourth-order valence-electron chi connectivity index (χ4n) is 5.09. The summed E-state index contributed by atoms with van der Waals surface area (Å²) in [6.07, 6.45) is 8.47. The second kappa shape index (κ2) is 13.1. The summed E-state index contributed by atoms with van der Waals surface area (Å²) in [5, 5.41) is 0.400. The lowest BCUT2D eigenvalue weighted by Crippen LogP contribution is -2.37. The summed E-state index contributed by atoms with van der Waals surface area (Å²) in [6.45, 7) is 7.31. The Labute approximate surface area is 248 Å². The topological polar surface area (TPSA) is 125 Å². The van der Waals surface area contributed by atoms with Crippen LogP contribution >= 0.6 is 0 Å². The molecule has 0 radical (unpaired) electrons. The average Bonchev–Trinajstić information content (AvgIpc) is 3.06. The quantitative estimate of drug-likeness (QED) is 0.284. The third kappa shape index (κ3) is 6.40. The highest BCUT2D eigenvalue weighted by molar-refractivity contribution is 5.95. The van der Waals surface area contributed by atoms with Crippen LogP contribution in [0.1, 0.15) is 34.1 Å². The van der Waals surface area contributed by atoms with Crippen molar-refractivity contribution in [3.05, 3.63) is 81.7 Å². The van der Waals surface area contributed by atoms with E-state index in [1.54, 1.807) is 30.0 Å². The number of carbonyl (C=O) groups excluding carboxylic acids is 1. The predicted molar refractivity (Wildman–Crippen MR) is 162 cm³/mol. The third-order valence-electron chi connectivity index (χ3n) is 7.34. The summed E-state index contributed by atoms with van der Waals surface area (Å²) in [7, 11) is 0. The van der Waals surface area contributed by atoms with E-state index in [9.17, 15) is 9.59 Å². The van der Waals surface area contributed by atoms with Crippen LogP contribution in [0.2, 0.25) is 0 Å². The van der Waals surface area contributed by atoms with Crippen LogP contribution < -0.4 is 15.4 Å². The van der Waals surface area contributed by atoms with E-state index in [1.807, 2.05) is 46.2 Å². The van der Waals surface area contributed by atoms with E-state index in [0.717, 1.165) is 5.56 Å². The van der Waals surface area contributed by atoms with Gasteiger partial charge in [0.15, 0.2) is 0 Å². The molecule has 0 bridgehead atoms. The first-order chi connectivity index (χ1) is 21.1. The van der Waals surface area contributed by atoms with Crippen molar-refractivity contribution >= 4 is 40.9 Å². The number of benzene rings is 1. The van der Waals surface area contributed by atoms with E-state index < -0.39 is 5.97 Å². The number of nitrogens with zero attached hydrogens (tertiary/aromatic N) is 7. The molecular weight excluding hydrogens is 550 g/mol. The standard InChI is InChI=1S/C31H33N7O5/c1-2-43-29(40)24-18-32-30(36-10-14-41-15-11-36)34-26(24)9-8-23-21-38(20-22-6-4-3-5-7-22)28(39)25-19-33-31(35-27(23)25)37-12-16-42-17-13-37/h3-9,18-19,21H,2,10-17,20H2,1H3/b9-8+. The highest BCUT2D eigenvalue weighted by Crippen LogP contribution is 2.22. The van der Waals surface area contributed by atoms with Gasteiger partial charge in [-0.3, -0.25) is 4.79 Å². The molecule has 0 unspecified atom stereocenters. The van der Waals surface area contributed by atoms with Crippen LogP contribution in [0, 0.1) is 0 Å². The highest BCUT2D eigenvalue weighted by atomic mass is 16.5. The maximum absolute atomic E-state index is 13.6. The summed E-state index contributed by atoms with van der Waals surface area (Å²) >= 11 is 0. The van der Waals surface area contributed by atoms with Crippen molar-refractivity contribution in [1.82, 2.24) is 24.5 Å². The summed E-state index contributed by atoms with van der Waals surface area (Å²) < 4.78 is 17.9. The number of hydrogen-bond donors (Lipinski definition) is 0. The molecule has 2 saturated heterocycles. The van der Waals surface area contributed by atoms with Gasteiger partial charge in [0.25, 0.3) is 5.56 Å². The molecule has 4 aromatic rings. The smallest absolute Gasteiger partial charge is 0.341 e. The summed E-state index contributed by atoms with van der Waals surface area (Å²) in [6, 6.07) is 9.78. The van der Waals surface area contributed by atoms with Gasteiger partial charge < -0.3 is 28.6 Å². The van der Waals surface area contributed by atoms with Crippen LogP contribution in [-0.4, -0.2) is 89.7 Å².